The van der Waals surface area contributed by atoms with E-state index in [9.17, 15) is 14.7 Å². The smallest absolute Gasteiger partial charge is 0.315 e. The number of aliphatic carboxylic acids is 1. The van der Waals surface area contributed by atoms with Crippen LogP contribution in [0.4, 0.5) is 0 Å². The molecular formula is C11H19NO4. The van der Waals surface area contributed by atoms with Crippen molar-refractivity contribution in [2.75, 3.05) is 13.2 Å². The monoisotopic (exact) mass is 229 g/mol. The van der Waals surface area contributed by atoms with Crippen LogP contribution in [0.1, 0.15) is 32.6 Å². The third kappa shape index (κ3) is 2.95. The molecule has 0 aromatic rings. The van der Waals surface area contributed by atoms with Crippen molar-refractivity contribution in [1.82, 2.24) is 4.90 Å². The minimum atomic E-state index is -1.11. The Balaban J connectivity index is 2.73. The van der Waals surface area contributed by atoms with Crippen LogP contribution in [0.3, 0.4) is 0 Å². The van der Waals surface area contributed by atoms with Crippen molar-refractivity contribution in [1.29, 1.82) is 0 Å². The molecule has 1 saturated heterocycles. The first-order valence-electron chi connectivity index (χ1n) is 5.72. The second-order valence-corrected chi connectivity index (χ2v) is 4.28. The van der Waals surface area contributed by atoms with Crippen LogP contribution in [-0.2, 0) is 9.59 Å². The van der Waals surface area contributed by atoms with Gasteiger partial charge in [-0.15, -0.1) is 0 Å². The first-order chi connectivity index (χ1) is 7.57. The Kier molecular flexibility index (Phi) is 4.73. The number of aliphatic hydroxyl groups excluding tert-OH is 1. The van der Waals surface area contributed by atoms with Gasteiger partial charge in [-0.05, 0) is 19.8 Å². The van der Waals surface area contributed by atoms with E-state index in [0.29, 0.717) is 6.54 Å². The Morgan fingerprint density at radius 1 is 1.38 bits per heavy atom. The van der Waals surface area contributed by atoms with Crippen molar-refractivity contribution in [3.63, 3.8) is 0 Å². The summed E-state index contributed by atoms with van der Waals surface area (Å²) < 4.78 is 0. The first-order valence-corrected chi connectivity index (χ1v) is 5.72. The number of carbonyl (C=O) groups excluding carboxylic acids is 1. The Labute approximate surface area is 95.1 Å². The maximum absolute atomic E-state index is 11.9. The van der Waals surface area contributed by atoms with Crippen molar-refractivity contribution >= 4 is 11.9 Å². The van der Waals surface area contributed by atoms with Gasteiger partial charge in [-0.25, -0.2) is 0 Å². The molecule has 0 radical (unpaired) electrons. The number of nitrogens with zero attached hydrogens (tertiary/aromatic N) is 1. The van der Waals surface area contributed by atoms with Gasteiger partial charge in [0.05, 0.1) is 12.6 Å². The van der Waals surface area contributed by atoms with Crippen molar-refractivity contribution < 1.29 is 19.8 Å². The zero-order valence-corrected chi connectivity index (χ0v) is 9.56. The van der Waals surface area contributed by atoms with Crippen LogP contribution in [0.2, 0.25) is 0 Å². The van der Waals surface area contributed by atoms with Gasteiger partial charge in [0.2, 0.25) is 5.91 Å². The van der Waals surface area contributed by atoms with Gasteiger partial charge >= 0.3 is 5.97 Å². The summed E-state index contributed by atoms with van der Waals surface area (Å²) in [5, 5.41) is 18.0. The van der Waals surface area contributed by atoms with E-state index in [1.807, 2.05) is 0 Å². The van der Waals surface area contributed by atoms with Gasteiger partial charge in [0.1, 0.15) is 5.92 Å². The zero-order valence-electron chi connectivity index (χ0n) is 9.56. The van der Waals surface area contributed by atoms with Crippen molar-refractivity contribution in [3.8, 4) is 0 Å². The van der Waals surface area contributed by atoms with Crippen LogP contribution >= 0.6 is 0 Å². The highest BCUT2D eigenvalue weighted by Crippen LogP contribution is 2.18. The second kappa shape index (κ2) is 5.84. The molecule has 1 aliphatic rings. The quantitative estimate of drug-likeness (QED) is 0.690. The predicted molar refractivity (Wildman–Crippen MR) is 57.9 cm³/mol. The van der Waals surface area contributed by atoms with Gasteiger partial charge in [0, 0.05) is 6.54 Å². The summed E-state index contributed by atoms with van der Waals surface area (Å²) in [6, 6.07) is -0.211. The summed E-state index contributed by atoms with van der Waals surface area (Å²) in [5.41, 5.74) is 0. The summed E-state index contributed by atoms with van der Waals surface area (Å²) in [7, 11) is 0. The normalized spacial score (nSPS) is 23.6. The Morgan fingerprint density at radius 3 is 2.62 bits per heavy atom. The highest BCUT2D eigenvalue weighted by Gasteiger charge is 2.31. The van der Waals surface area contributed by atoms with E-state index in [0.717, 1.165) is 25.7 Å². The molecule has 5 nitrogen and oxygen atoms in total. The minimum absolute atomic E-state index is 0.0852. The van der Waals surface area contributed by atoms with E-state index in [4.69, 9.17) is 5.11 Å². The Bertz CT molecular complexity index is 267. The molecule has 0 bridgehead atoms. The molecule has 0 spiro atoms. The first kappa shape index (κ1) is 13.0. The molecule has 2 atom stereocenters. The average molecular weight is 229 g/mol. The molecule has 1 heterocycles. The topological polar surface area (TPSA) is 77.8 Å². The van der Waals surface area contributed by atoms with Gasteiger partial charge in [-0.3, -0.25) is 9.59 Å². The number of carboxylic acid groups (broad SMARTS) is 1. The fraction of sp³-hybridized carbons (Fsp3) is 0.818. The molecule has 0 aromatic heterocycles. The van der Waals surface area contributed by atoms with Gasteiger partial charge in [-0.1, -0.05) is 12.8 Å². The van der Waals surface area contributed by atoms with Gasteiger partial charge in [0.15, 0.2) is 0 Å². The van der Waals surface area contributed by atoms with Crippen LogP contribution in [0, 0.1) is 5.92 Å². The van der Waals surface area contributed by atoms with Crippen LogP contribution in [0.25, 0.3) is 0 Å². The summed E-state index contributed by atoms with van der Waals surface area (Å²) in [6.07, 6.45) is 3.65. The van der Waals surface area contributed by atoms with Gasteiger partial charge < -0.3 is 15.1 Å². The molecule has 16 heavy (non-hydrogen) atoms. The van der Waals surface area contributed by atoms with E-state index < -0.39 is 11.9 Å². The van der Waals surface area contributed by atoms with E-state index >= 15 is 0 Å². The Morgan fingerprint density at radius 2 is 2.06 bits per heavy atom. The second-order valence-electron chi connectivity index (χ2n) is 4.28. The predicted octanol–water partition coefficient (Wildman–Crippen LogP) is 0.471. The van der Waals surface area contributed by atoms with Crippen molar-refractivity contribution in [3.05, 3.63) is 0 Å². The fourth-order valence-corrected chi connectivity index (χ4v) is 2.01. The minimum Gasteiger partial charge on any atom is -0.481 e. The average Bonchev–Trinajstić information content (AvgIpc) is 2.51. The van der Waals surface area contributed by atoms with Crippen molar-refractivity contribution in [2.45, 2.75) is 38.6 Å². The number of hydrogen-bond acceptors (Lipinski definition) is 3. The van der Waals surface area contributed by atoms with Crippen molar-refractivity contribution in [2.24, 2.45) is 5.92 Å². The highest BCUT2D eigenvalue weighted by atomic mass is 16.4. The highest BCUT2D eigenvalue weighted by molar-refractivity contribution is 5.96. The lowest BCUT2D eigenvalue weighted by molar-refractivity contribution is -0.151. The Hall–Kier alpha value is -1.10. The third-order valence-corrected chi connectivity index (χ3v) is 3.11. The molecule has 0 saturated carbocycles. The van der Waals surface area contributed by atoms with Crippen LogP contribution in [0.5, 0.6) is 0 Å². The number of rotatable bonds is 3. The molecule has 0 aliphatic carbocycles. The van der Waals surface area contributed by atoms with E-state index in [1.165, 1.54) is 11.8 Å². The SMILES string of the molecule is CC(C(=O)O)C(=O)N1CCCCCC1CO. The summed E-state index contributed by atoms with van der Waals surface area (Å²) in [6.45, 7) is 1.86. The largest absolute Gasteiger partial charge is 0.481 e. The summed E-state index contributed by atoms with van der Waals surface area (Å²) >= 11 is 0. The number of carboxylic acids is 1. The number of aliphatic hydroxyl groups is 1. The van der Waals surface area contributed by atoms with Gasteiger partial charge in [0.25, 0.3) is 0 Å². The number of hydrogen-bond donors (Lipinski definition) is 2. The maximum atomic E-state index is 11.9. The molecule has 1 fully saturated rings. The molecular weight excluding hydrogens is 210 g/mol. The molecule has 2 N–H and O–H groups in total. The van der Waals surface area contributed by atoms with Crippen LogP contribution in [0.15, 0.2) is 0 Å². The summed E-state index contributed by atoms with van der Waals surface area (Å²) in [4.78, 5) is 24.2. The maximum Gasteiger partial charge on any atom is 0.315 e. The number of likely N-dealkylation sites (tertiary alicyclic amines) is 1. The van der Waals surface area contributed by atoms with E-state index in [-0.39, 0.29) is 18.6 Å². The van der Waals surface area contributed by atoms with Crippen LogP contribution in [-0.4, -0.2) is 46.2 Å². The van der Waals surface area contributed by atoms with E-state index in [1.54, 1.807) is 0 Å². The summed E-state index contributed by atoms with van der Waals surface area (Å²) in [5.74, 6) is -2.51. The standard InChI is InChI=1S/C11H19NO4/c1-8(11(15)16)10(14)12-6-4-2-3-5-9(12)7-13/h8-9,13H,2-7H2,1H3,(H,15,16). The van der Waals surface area contributed by atoms with Gasteiger partial charge in [-0.2, -0.15) is 0 Å². The molecule has 92 valence electrons. The lowest BCUT2D eigenvalue weighted by Gasteiger charge is -2.30. The number of carbonyl (C=O) groups is 2. The molecule has 1 amide bonds. The lowest BCUT2D eigenvalue weighted by Crippen LogP contribution is -2.46. The molecule has 1 aliphatic heterocycles. The molecule has 2 unspecified atom stereocenters. The lowest BCUT2D eigenvalue weighted by atomic mass is 10.1. The molecule has 1 rings (SSSR count). The zero-order chi connectivity index (χ0) is 12.1. The molecule has 0 aromatic carbocycles. The fourth-order valence-electron chi connectivity index (χ4n) is 2.01. The van der Waals surface area contributed by atoms with E-state index in [2.05, 4.69) is 0 Å². The molecule has 5 heteroatoms. The third-order valence-electron chi connectivity index (χ3n) is 3.11. The van der Waals surface area contributed by atoms with Crippen LogP contribution < -0.4 is 0 Å². The number of amides is 1.